The van der Waals surface area contributed by atoms with Gasteiger partial charge >= 0.3 is 23.9 Å². The van der Waals surface area contributed by atoms with E-state index >= 15 is 0 Å². The number of hydrogen-bond acceptors (Lipinski definition) is 12. The Morgan fingerprint density at radius 2 is 1.21 bits per heavy atom. The molecule has 0 aromatic carbocycles. The van der Waals surface area contributed by atoms with Crippen molar-refractivity contribution in [1.29, 1.82) is 0 Å². The summed E-state index contributed by atoms with van der Waals surface area (Å²) in [5.41, 5.74) is -3.79. The highest BCUT2D eigenvalue weighted by atomic mass is 16.6. The molecule has 3 aliphatic rings. The molecule has 212 valence electrons. The molecule has 3 aliphatic carbocycles. The van der Waals surface area contributed by atoms with E-state index in [4.69, 9.17) is 18.9 Å². The topological polar surface area (TPSA) is 158 Å². The van der Waals surface area contributed by atoms with Crippen LogP contribution >= 0.6 is 0 Å². The molecule has 0 aromatic heterocycles. The Morgan fingerprint density at radius 3 is 1.71 bits per heavy atom. The molecular formula is C26H36O12. The Balaban J connectivity index is 1.48. The molecule has 0 amide bonds. The highest BCUT2D eigenvalue weighted by Gasteiger charge is 2.56. The number of esters is 4. The smallest absolute Gasteiger partial charge is 0.345 e. The molecule has 0 saturated heterocycles. The first-order valence-corrected chi connectivity index (χ1v) is 12.7. The average molecular weight is 541 g/mol. The first kappa shape index (κ1) is 29.7. The van der Waals surface area contributed by atoms with Crippen molar-refractivity contribution in [2.24, 2.45) is 35.5 Å². The van der Waals surface area contributed by atoms with Crippen molar-refractivity contribution in [3.05, 3.63) is 0 Å². The molecule has 12 nitrogen and oxygen atoms in total. The maximum absolute atomic E-state index is 12.6. The van der Waals surface area contributed by atoms with Crippen LogP contribution in [-0.2, 0) is 57.2 Å². The second-order valence-corrected chi connectivity index (χ2v) is 10.7. The molecule has 2 bridgehead atoms. The van der Waals surface area contributed by atoms with E-state index in [0.717, 1.165) is 25.7 Å². The van der Waals surface area contributed by atoms with E-state index in [1.165, 1.54) is 28.1 Å². The lowest BCUT2D eigenvalue weighted by atomic mass is 9.76. The number of hydrogen-bond donors (Lipinski definition) is 0. The summed E-state index contributed by atoms with van der Waals surface area (Å²) in [7, 11) is 2.34. The van der Waals surface area contributed by atoms with E-state index in [-0.39, 0.29) is 25.0 Å². The van der Waals surface area contributed by atoms with Crippen molar-refractivity contribution in [1.82, 2.24) is 0 Å². The molecule has 0 spiro atoms. The predicted octanol–water partition coefficient (Wildman–Crippen LogP) is 0.666. The Kier molecular flexibility index (Phi) is 9.64. The molecular weight excluding hydrogens is 504 g/mol. The third-order valence-electron chi connectivity index (χ3n) is 8.28. The van der Waals surface area contributed by atoms with Crippen LogP contribution in [0.15, 0.2) is 0 Å². The van der Waals surface area contributed by atoms with Gasteiger partial charge in [-0.05, 0) is 75.0 Å². The summed E-state index contributed by atoms with van der Waals surface area (Å²) < 4.78 is 30.1. The Labute approximate surface area is 220 Å². The van der Waals surface area contributed by atoms with Gasteiger partial charge in [0.2, 0.25) is 11.2 Å². The highest BCUT2D eigenvalue weighted by molar-refractivity contribution is 5.97. The summed E-state index contributed by atoms with van der Waals surface area (Å²) in [6.07, 6.45) is 4.31. The highest BCUT2D eigenvalue weighted by Crippen LogP contribution is 2.62. The van der Waals surface area contributed by atoms with E-state index in [1.807, 2.05) is 0 Å². The monoisotopic (exact) mass is 540 g/mol. The summed E-state index contributed by atoms with van der Waals surface area (Å²) in [6, 6.07) is 0. The zero-order valence-electron chi connectivity index (χ0n) is 22.2. The number of fused-ring (bicyclic) bond motifs is 5. The van der Waals surface area contributed by atoms with Gasteiger partial charge < -0.3 is 28.4 Å². The van der Waals surface area contributed by atoms with Crippen LogP contribution < -0.4 is 0 Å². The molecule has 8 atom stereocenters. The lowest BCUT2D eigenvalue weighted by Crippen LogP contribution is -2.44. The largest absolute Gasteiger partial charge is 0.467 e. The van der Waals surface area contributed by atoms with Crippen LogP contribution in [0, 0.1) is 35.5 Å². The fourth-order valence-corrected chi connectivity index (χ4v) is 6.13. The molecule has 0 N–H and O–H groups in total. The zero-order chi connectivity index (χ0) is 28.1. The molecule has 38 heavy (non-hydrogen) atoms. The minimum Gasteiger partial charge on any atom is -0.467 e. The van der Waals surface area contributed by atoms with Crippen LogP contribution in [-0.4, -0.2) is 88.3 Å². The first-order chi connectivity index (χ1) is 18.0. The Morgan fingerprint density at radius 1 is 0.711 bits per heavy atom. The molecule has 3 fully saturated rings. The van der Waals surface area contributed by atoms with Gasteiger partial charge in [0.1, 0.15) is 13.2 Å². The molecule has 3 saturated carbocycles. The lowest BCUT2D eigenvalue weighted by molar-refractivity contribution is -0.177. The molecule has 12 heteroatoms. The first-order valence-electron chi connectivity index (χ1n) is 12.7. The number of ether oxygens (including phenoxy) is 6. The number of carbonyl (C=O) groups is 6. The quantitative estimate of drug-likeness (QED) is 0.131. The summed E-state index contributed by atoms with van der Waals surface area (Å²) in [5.74, 6) is -1.13. The fourth-order valence-electron chi connectivity index (χ4n) is 6.13. The van der Waals surface area contributed by atoms with E-state index in [0.29, 0.717) is 36.2 Å². The maximum atomic E-state index is 12.6. The SMILES string of the molecule is COC(=O)COC(C)(C=O)C(=O)OCC1CC2C3CC(COC(=O)C(C)(C=O)OCC(=O)OC)C(C3)C2C1. The van der Waals surface area contributed by atoms with Gasteiger partial charge in [-0.1, -0.05) is 0 Å². The van der Waals surface area contributed by atoms with Crippen LogP contribution in [0.25, 0.3) is 0 Å². The minimum absolute atomic E-state index is 0.127. The average Bonchev–Trinajstić information content (AvgIpc) is 3.63. The third-order valence-corrected chi connectivity index (χ3v) is 8.28. The normalized spacial score (nSPS) is 30.3. The fraction of sp³-hybridized carbons (Fsp3) is 0.769. The van der Waals surface area contributed by atoms with Crippen molar-refractivity contribution in [2.45, 2.75) is 50.7 Å². The Bertz CT molecular complexity index is 933. The van der Waals surface area contributed by atoms with Crippen molar-refractivity contribution in [3.8, 4) is 0 Å². The predicted molar refractivity (Wildman–Crippen MR) is 126 cm³/mol. The van der Waals surface area contributed by atoms with Gasteiger partial charge in [0.15, 0.2) is 12.6 Å². The van der Waals surface area contributed by atoms with Crippen molar-refractivity contribution < 1.29 is 57.2 Å². The molecule has 0 radical (unpaired) electrons. The van der Waals surface area contributed by atoms with Crippen LogP contribution in [0.3, 0.4) is 0 Å². The van der Waals surface area contributed by atoms with Crippen molar-refractivity contribution in [2.75, 3.05) is 40.6 Å². The van der Waals surface area contributed by atoms with Gasteiger partial charge in [-0.25, -0.2) is 19.2 Å². The van der Waals surface area contributed by atoms with Gasteiger partial charge in [-0.3, -0.25) is 9.59 Å². The second kappa shape index (κ2) is 12.3. The number of rotatable bonds is 14. The summed E-state index contributed by atoms with van der Waals surface area (Å²) in [5, 5.41) is 0. The number of methoxy groups -OCH3 is 2. The van der Waals surface area contributed by atoms with E-state index in [2.05, 4.69) is 9.47 Å². The van der Waals surface area contributed by atoms with Gasteiger partial charge in [0.05, 0.1) is 27.4 Å². The van der Waals surface area contributed by atoms with E-state index in [9.17, 15) is 28.8 Å². The molecule has 0 aliphatic heterocycles. The van der Waals surface area contributed by atoms with Gasteiger partial charge in [-0.2, -0.15) is 0 Å². The standard InChI is InChI=1S/C26H36O12/c1-25(13-27,37-11-21(29)33-3)23(31)35-9-15-5-18-16-7-17(19(8-16)20(18)6-15)10-36-24(32)26(2,14-28)38-12-22(30)34-4/h13-20H,5-12H2,1-4H3. The lowest BCUT2D eigenvalue weighted by Gasteiger charge is -2.31. The van der Waals surface area contributed by atoms with Crippen molar-refractivity contribution in [3.63, 3.8) is 0 Å². The van der Waals surface area contributed by atoms with Crippen LogP contribution in [0.2, 0.25) is 0 Å². The van der Waals surface area contributed by atoms with E-state index in [1.54, 1.807) is 0 Å². The summed E-state index contributed by atoms with van der Waals surface area (Å²) in [6.45, 7) is 1.70. The van der Waals surface area contributed by atoms with Crippen molar-refractivity contribution >= 4 is 36.4 Å². The zero-order valence-corrected chi connectivity index (χ0v) is 22.2. The van der Waals surface area contributed by atoms with Crippen LogP contribution in [0.1, 0.15) is 39.5 Å². The van der Waals surface area contributed by atoms with Gasteiger partial charge in [-0.15, -0.1) is 0 Å². The maximum Gasteiger partial charge on any atom is 0.345 e. The van der Waals surface area contributed by atoms with Crippen LogP contribution in [0.4, 0.5) is 0 Å². The summed E-state index contributed by atoms with van der Waals surface area (Å²) >= 11 is 0. The molecule has 3 rings (SSSR count). The number of carbonyl (C=O) groups excluding carboxylic acids is 6. The summed E-state index contributed by atoms with van der Waals surface area (Å²) in [4.78, 5) is 70.6. The van der Waals surface area contributed by atoms with Crippen LogP contribution in [0.5, 0.6) is 0 Å². The van der Waals surface area contributed by atoms with Gasteiger partial charge in [0, 0.05) is 0 Å². The molecule has 8 unspecified atom stereocenters. The Hall–Kier alpha value is -2.86. The minimum atomic E-state index is -1.90. The van der Waals surface area contributed by atoms with E-state index < -0.39 is 48.3 Å². The third kappa shape index (κ3) is 6.40. The second-order valence-electron chi connectivity index (χ2n) is 10.7. The number of aldehydes is 2. The molecule has 0 aromatic rings. The molecule has 0 heterocycles. The van der Waals surface area contributed by atoms with Gasteiger partial charge in [0.25, 0.3) is 0 Å².